The lowest BCUT2D eigenvalue weighted by atomic mass is 10.1. The molecule has 2 N–H and O–H groups in total. The zero-order chi connectivity index (χ0) is 13.3. The minimum absolute atomic E-state index is 0.186. The standard InChI is InChI=1S/C14H18FN3/c1-9-8-11(4-5-12(9)15)14-10(2)18(3)13(17-14)6-7-16/h4-5,8H,6-7,16H2,1-3H3. The van der Waals surface area contributed by atoms with Crippen molar-refractivity contribution in [2.24, 2.45) is 12.8 Å². The SMILES string of the molecule is Cc1cc(-c2nc(CCN)n(C)c2C)ccc1F. The van der Waals surface area contributed by atoms with E-state index in [1.54, 1.807) is 13.0 Å². The number of benzene rings is 1. The van der Waals surface area contributed by atoms with Crippen LogP contribution in [0.1, 0.15) is 17.1 Å². The molecule has 0 aliphatic rings. The molecule has 0 saturated heterocycles. The van der Waals surface area contributed by atoms with E-state index in [0.29, 0.717) is 12.1 Å². The Morgan fingerprint density at radius 3 is 2.67 bits per heavy atom. The predicted molar refractivity (Wildman–Crippen MR) is 70.8 cm³/mol. The maximum absolute atomic E-state index is 13.3. The summed E-state index contributed by atoms with van der Waals surface area (Å²) in [6.07, 6.45) is 0.748. The van der Waals surface area contributed by atoms with Crippen LogP contribution in [0.15, 0.2) is 18.2 Å². The maximum atomic E-state index is 13.3. The molecule has 18 heavy (non-hydrogen) atoms. The van der Waals surface area contributed by atoms with Crippen LogP contribution in [0.4, 0.5) is 4.39 Å². The fourth-order valence-electron chi connectivity index (χ4n) is 2.06. The maximum Gasteiger partial charge on any atom is 0.126 e. The van der Waals surface area contributed by atoms with Gasteiger partial charge in [0.1, 0.15) is 11.6 Å². The van der Waals surface area contributed by atoms with Crippen molar-refractivity contribution >= 4 is 0 Å². The molecule has 0 aliphatic heterocycles. The highest BCUT2D eigenvalue weighted by Gasteiger charge is 2.13. The summed E-state index contributed by atoms with van der Waals surface area (Å²) in [5.41, 5.74) is 9.13. The Morgan fingerprint density at radius 2 is 2.06 bits per heavy atom. The zero-order valence-electron chi connectivity index (χ0n) is 11.0. The lowest BCUT2D eigenvalue weighted by Gasteiger charge is -2.03. The molecule has 0 atom stereocenters. The molecule has 2 rings (SSSR count). The average Bonchev–Trinajstić information content (AvgIpc) is 2.62. The van der Waals surface area contributed by atoms with Gasteiger partial charge < -0.3 is 10.3 Å². The third-order valence-corrected chi connectivity index (χ3v) is 3.27. The summed E-state index contributed by atoms with van der Waals surface area (Å²) in [6, 6.07) is 5.09. The summed E-state index contributed by atoms with van der Waals surface area (Å²) in [5.74, 6) is 0.779. The molecular weight excluding hydrogens is 229 g/mol. The third-order valence-electron chi connectivity index (χ3n) is 3.27. The molecule has 3 nitrogen and oxygen atoms in total. The van der Waals surface area contributed by atoms with Crippen molar-refractivity contribution in [1.82, 2.24) is 9.55 Å². The van der Waals surface area contributed by atoms with Gasteiger partial charge in [-0.25, -0.2) is 9.37 Å². The van der Waals surface area contributed by atoms with Crippen LogP contribution in [-0.2, 0) is 13.5 Å². The van der Waals surface area contributed by atoms with E-state index in [2.05, 4.69) is 4.98 Å². The van der Waals surface area contributed by atoms with Crippen LogP contribution in [0.25, 0.3) is 11.3 Å². The van der Waals surface area contributed by atoms with Gasteiger partial charge in [-0.15, -0.1) is 0 Å². The van der Waals surface area contributed by atoms with Gasteiger partial charge in [-0.1, -0.05) is 0 Å². The summed E-state index contributed by atoms with van der Waals surface area (Å²) in [7, 11) is 1.98. The van der Waals surface area contributed by atoms with Crippen LogP contribution in [0.2, 0.25) is 0 Å². The number of imidazole rings is 1. The Hall–Kier alpha value is -1.68. The first kappa shape index (κ1) is 12.8. The van der Waals surface area contributed by atoms with E-state index < -0.39 is 0 Å². The van der Waals surface area contributed by atoms with E-state index in [4.69, 9.17) is 5.73 Å². The summed E-state index contributed by atoms with van der Waals surface area (Å²) < 4.78 is 15.3. The first-order chi connectivity index (χ1) is 8.54. The highest BCUT2D eigenvalue weighted by atomic mass is 19.1. The Balaban J connectivity index is 2.50. The fraction of sp³-hybridized carbons (Fsp3) is 0.357. The van der Waals surface area contributed by atoms with E-state index >= 15 is 0 Å². The normalized spacial score (nSPS) is 10.9. The monoisotopic (exact) mass is 247 g/mol. The van der Waals surface area contributed by atoms with E-state index in [1.165, 1.54) is 6.07 Å². The highest BCUT2D eigenvalue weighted by Crippen LogP contribution is 2.24. The van der Waals surface area contributed by atoms with Gasteiger partial charge >= 0.3 is 0 Å². The number of aromatic nitrogens is 2. The first-order valence-corrected chi connectivity index (χ1v) is 6.03. The molecule has 0 bridgehead atoms. The van der Waals surface area contributed by atoms with Crippen LogP contribution >= 0.6 is 0 Å². The van der Waals surface area contributed by atoms with Gasteiger partial charge in [0.15, 0.2) is 0 Å². The molecule has 0 unspecified atom stereocenters. The second-order valence-corrected chi connectivity index (χ2v) is 4.52. The van der Waals surface area contributed by atoms with Crippen molar-refractivity contribution in [3.8, 4) is 11.3 Å². The van der Waals surface area contributed by atoms with E-state index in [-0.39, 0.29) is 5.82 Å². The third kappa shape index (κ3) is 2.16. The smallest absolute Gasteiger partial charge is 0.126 e. The van der Waals surface area contributed by atoms with Crippen molar-refractivity contribution in [3.63, 3.8) is 0 Å². The summed E-state index contributed by atoms with van der Waals surface area (Å²) in [4.78, 5) is 4.60. The average molecular weight is 247 g/mol. The second-order valence-electron chi connectivity index (χ2n) is 4.52. The molecule has 96 valence electrons. The number of aryl methyl sites for hydroxylation is 1. The number of rotatable bonds is 3. The van der Waals surface area contributed by atoms with Crippen LogP contribution < -0.4 is 5.73 Å². The predicted octanol–water partition coefficient (Wildman–Crippen LogP) is 2.34. The number of halogens is 1. The molecule has 4 heteroatoms. The van der Waals surface area contributed by atoms with Crippen LogP contribution in [0, 0.1) is 19.7 Å². The van der Waals surface area contributed by atoms with Crippen LogP contribution in [-0.4, -0.2) is 16.1 Å². The molecule has 0 radical (unpaired) electrons. The number of hydrogen-bond acceptors (Lipinski definition) is 2. The fourth-order valence-corrected chi connectivity index (χ4v) is 2.06. The molecule has 0 saturated carbocycles. The second kappa shape index (κ2) is 4.90. The van der Waals surface area contributed by atoms with Gasteiger partial charge in [0.05, 0.1) is 5.69 Å². The Labute approximate surface area is 106 Å². The summed E-state index contributed by atoms with van der Waals surface area (Å²) in [6.45, 7) is 4.35. The van der Waals surface area contributed by atoms with E-state index in [9.17, 15) is 4.39 Å². The van der Waals surface area contributed by atoms with Gasteiger partial charge in [-0.2, -0.15) is 0 Å². The molecule has 2 aromatic rings. The topological polar surface area (TPSA) is 43.8 Å². The number of nitrogens with two attached hydrogens (primary N) is 1. The molecule has 0 aliphatic carbocycles. The molecule has 0 fully saturated rings. The van der Waals surface area contributed by atoms with Crippen molar-refractivity contribution in [1.29, 1.82) is 0 Å². The van der Waals surface area contributed by atoms with E-state index in [1.807, 2.05) is 24.6 Å². The van der Waals surface area contributed by atoms with Crippen LogP contribution in [0.3, 0.4) is 0 Å². The Bertz CT molecular complexity index is 573. The molecule has 1 aromatic carbocycles. The summed E-state index contributed by atoms with van der Waals surface area (Å²) in [5, 5.41) is 0. The number of hydrogen-bond donors (Lipinski definition) is 1. The van der Waals surface area contributed by atoms with Crippen molar-refractivity contribution in [2.75, 3.05) is 6.54 Å². The van der Waals surface area contributed by atoms with Gasteiger partial charge in [0, 0.05) is 24.7 Å². The van der Waals surface area contributed by atoms with Gasteiger partial charge in [0.2, 0.25) is 0 Å². The minimum Gasteiger partial charge on any atom is -0.335 e. The Kier molecular flexibility index (Phi) is 3.48. The van der Waals surface area contributed by atoms with Gasteiger partial charge in [-0.3, -0.25) is 0 Å². The van der Waals surface area contributed by atoms with E-state index in [0.717, 1.165) is 29.2 Å². The zero-order valence-corrected chi connectivity index (χ0v) is 11.0. The molecule has 0 spiro atoms. The first-order valence-electron chi connectivity index (χ1n) is 6.03. The van der Waals surface area contributed by atoms with Crippen molar-refractivity contribution in [3.05, 3.63) is 41.1 Å². The largest absolute Gasteiger partial charge is 0.335 e. The molecule has 1 aromatic heterocycles. The van der Waals surface area contributed by atoms with Crippen LogP contribution in [0.5, 0.6) is 0 Å². The lowest BCUT2D eigenvalue weighted by Crippen LogP contribution is -2.08. The summed E-state index contributed by atoms with van der Waals surface area (Å²) >= 11 is 0. The minimum atomic E-state index is -0.186. The highest BCUT2D eigenvalue weighted by molar-refractivity contribution is 5.63. The van der Waals surface area contributed by atoms with Gasteiger partial charge in [0.25, 0.3) is 0 Å². The molecule has 0 amide bonds. The Morgan fingerprint density at radius 1 is 1.33 bits per heavy atom. The molecular formula is C14H18FN3. The van der Waals surface area contributed by atoms with Crippen molar-refractivity contribution in [2.45, 2.75) is 20.3 Å². The number of nitrogens with zero attached hydrogens (tertiary/aromatic N) is 2. The van der Waals surface area contributed by atoms with Gasteiger partial charge in [-0.05, 0) is 44.2 Å². The van der Waals surface area contributed by atoms with Crippen molar-refractivity contribution < 1.29 is 4.39 Å². The quantitative estimate of drug-likeness (QED) is 0.904. The molecule has 1 heterocycles. The lowest BCUT2D eigenvalue weighted by molar-refractivity contribution is 0.619.